The minimum atomic E-state index is 0.112. The second-order valence-electron chi connectivity index (χ2n) is 2.28. The summed E-state index contributed by atoms with van der Waals surface area (Å²) in [7, 11) is 0. The van der Waals surface area contributed by atoms with Gasteiger partial charge >= 0.3 is 0 Å². The highest BCUT2D eigenvalue weighted by atomic mass is 35.5. The molecule has 1 aromatic rings. The van der Waals surface area contributed by atoms with Crippen molar-refractivity contribution >= 4 is 58.2 Å². The Kier molecular flexibility index (Phi) is 4.24. The Bertz CT molecular complexity index is 388. The van der Waals surface area contributed by atoms with Crippen molar-refractivity contribution in [3.8, 4) is 6.07 Å². The average Bonchev–Trinajstić information content (AvgIpc) is 2.17. The fraction of sp³-hybridized carbons (Fsp3) is 0.125. The Balaban J connectivity index is 3.66. The maximum Gasteiger partial charge on any atom is 0.102 e. The molecule has 74 valence electrons. The van der Waals surface area contributed by atoms with E-state index in [4.69, 9.17) is 51.7 Å². The average molecular weight is 287 g/mol. The third kappa shape index (κ3) is 1.93. The molecule has 0 aliphatic rings. The van der Waals surface area contributed by atoms with E-state index in [0.29, 0.717) is 4.90 Å². The maximum atomic E-state index is 8.77. The zero-order valence-electron chi connectivity index (χ0n) is 6.87. The number of hydrogen-bond donors (Lipinski definition) is 0. The van der Waals surface area contributed by atoms with Crippen molar-refractivity contribution in [2.75, 3.05) is 6.26 Å². The summed E-state index contributed by atoms with van der Waals surface area (Å²) in [6, 6.07) is 1.85. The minimum absolute atomic E-state index is 0.112. The first kappa shape index (κ1) is 12.3. The lowest BCUT2D eigenvalue weighted by Gasteiger charge is -2.09. The molecule has 0 spiro atoms. The molecule has 0 atom stereocenters. The van der Waals surface area contributed by atoms with E-state index in [0.717, 1.165) is 0 Å². The van der Waals surface area contributed by atoms with Crippen LogP contribution < -0.4 is 0 Å². The molecular formula is C8H3Cl4NS. The quantitative estimate of drug-likeness (QED) is 0.542. The van der Waals surface area contributed by atoms with Gasteiger partial charge in [0.05, 0.1) is 25.7 Å². The summed E-state index contributed by atoms with van der Waals surface area (Å²) in [6.45, 7) is 0. The number of thioether (sulfide) groups is 1. The zero-order valence-corrected chi connectivity index (χ0v) is 10.7. The number of hydrogen-bond acceptors (Lipinski definition) is 2. The van der Waals surface area contributed by atoms with Gasteiger partial charge in [0, 0.05) is 4.90 Å². The molecule has 1 aromatic carbocycles. The lowest BCUT2D eigenvalue weighted by Crippen LogP contribution is -1.87. The van der Waals surface area contributed by atoms with E-state index in [1.54, 1.807) is 6.26 Å². The highest BCUT2D eigenvalue weighted by molar-refractivity contribution is 7.98. The van der Waals surface area contributed by atoms with Crippen LogP contribution in [0.5, 0.6) is 0 Å². The van der Waals surface area contributed by atoms with Crippen LogP contribution in [0.2, 0.25) is 20.1 Å². The van der Waals surface area contributed by atoms with Crippen LogP contribution in [0.3, 0.4) is 0 Å². The van der Waals surface area contributed by atoms with Gasteiger partial charge in [-0.3, -0.25) is 0 Å². The minimum Gasteiger partial charge on any atom is -0.192 e. The predicted molar refractivity (Wildman–Crippen MR) is 63.0 cm³/mol. The highest BCUT2D eigenvalue weighted by Crippen LogP contribution is 2.44. The van der Waals surface area contributed by atoms with Gasteiger partial charge in [-0.15, -0.1) is 11.8 Å². The van der Waals surface area contributed by atoms with Crippen LogP contribution in [0, 0.1) is 11.3 Å². The topological polar surface area (TPSA) is 23.8 Å². The first-order valence-corrected chi connectivity index (χ1v) is 6.08. The standard InChI is InChI=1S/C8H3Cl4NS/c1-14-8-6(11)4(9)3(2-13)5(10)7(8)12/h1H3. The molecule has 0 N–H and O–H groups in total. The van der Waals surface area contributed by atoms with Crippen molar-refractivity contribution in [2.24, 2.45) is 0 Å². The van der Waals surface area contributed by atoms with Gasteiger partial charge in [-0.25, -0.2) is 0 Å². The Morgan fingerprint density at radius 2 is 1.43 bits per heavy atom. The molecule has 0 saturated carbocycles. The number of nitriles is 1. The number of benzene rings is 1. The molecule has 0 aliphatic heterocycles. The van der Waals surface area contributed by atoms with E-state index in [-0.39, 0.29) is 25.7 Å². The van der Waals surface area contributed by atoms with Crippen molar-refractivity contribution < 1.29 is 0 Å². The summed E-state index contributed by atoms with van der Waals surface area (Å²) >= 11 is 24.8. The third-order valence-electron chi connectivity index (χ3n) is 1.54. The molecular weight excluding hydrogens is 284 g/mol. The first-order chi connectivity index (χ1) is 6.54. The van der Waals surface area contributed by atoms with Crippen molar-refractivity contribution in [3.63, 3.8) is 0 Å². The Morgan fingerprint density at radius 3 is 1.71 bits per heavy atom. The molecule has 14 heavy (non-hydrogen) atoms. The van der Waals surface area contributed by atoms with E-state index in [9.17, 15) is 0 Å². The van der Waals surface area contributed by atoms with Gasteiger partial charge in [0.2, 0.25) is 0 Å². The molecule has 0 aliphatic carbocycles. The van der Waals surface area contributed by atoms with E-state index in [1.165, 1.54) is 11.8 Å². The first-order valence-electron chi connectivity index (χ1n) is 3.34. The van der Waals surface area contributed by atoms with Crippen molar-refractivity contribution in [3.05, 3.63) is 25.7 Å². The van der Waals surface area contributed by atoms with Crippen LogP contribution in [0.15, 0.2) is 4.90 Å². The molecule has 1 nitrogen and oxygen atoms in total. The SMILES string of the molecule is CSc1c(Cl)c(Cl)c(C#N)c(Cl)c1Cl. The van der Waals surface area contributed by atoms with E-state index in [2.05, 4.69) is 0 Å². The zero-order chi connectivity index (χ0) is 10.9. The van der Waals surface area contributed by atoms with Gasteiger partial charge in [0.1, 0.15) is 6.07 Å². The van der Waals surface area contributed by atoms with E-state index >= 15 is 0 Å². The smallest absolute Gasteiger partial charge is 0.102 e. The predicted octanol–water partition coefficient (Wildman–Crippen LogP) is 4.89. The van der Waals surface area contributed by atoms with Gasteiger partial charge in [-0.2, -0.15) is 5.26 Å². The molecule has 0 saturated heterocycles. The molecule has 0 unspecified atom stereocenters. The summed E-state index contributed by atoms with van der Waals surface area (Å²) in [5.41, 5.74) is 0.112. The van der Waals surface area contributed by atoms with E-state index in [1.807, 2.05) is 6.07 Å². The molecule has 0 heterocycles. The van der Waals surface area contributed by atoms with Crippen molar-refractivity contribution in [1.29, 1.82) is 5.26 Å². The third-order valence-corrected chi connectivity index (χ3v) is 4.28. The largest absolute Gasteiger partial charge is 0.192 e. The molecule has 0 fully saturated rings. The molecule has 0 bridgehead atoms. The normalized spacial score (nSPS) is 10.0. The number of rotatable bonds is 1. The summed E-state index contributed by atoms with van der Waals surface area (Å²) in [4.78, 5) is 0.585. The van der Waals surface area contributed by atoms with E-state index < -0.39 is 0 Å². The lowest BCUT2D eigenvalue weighted by molar-refractivity contribution is 1.41. The van der Waals surface area contributed by atoms with Gasteiger partial charge in [0.25, 0.3) is 0 Å². The van der Waals surface area contributed by atoms with Crippen LogP contribution >= 0.6 is 58.2 Å². The molecule has 0 aromatic heterocycles. The van der Waals surface area contributed by atoms with Crippen molar-refractivity contribution in [1.82, 2.24) is 0 Å². The summed E-state index contributed by atoms with van der Waals surface area (Å²) in [5.74, 6) is 0. The fourth-order valence-corrected chi connectivity index (χ4v) is 2.96. The number of nitrogens with zero attached hydrogens (tertiary/aromatic N) is 1. The molecule has 1 rings (SSSR count). The van der Waals surface area contributed by atoms with Gasteiger partial charge < -0.3 is 0 Å². The van der Waals surface area contributed by atoms with Gasteiger partial charge in [0.15, 0.2) is 0 Å². The molecule has 0 radical (unpaired) electrons. The van der Waals surface area contributed by atoms with Crippen LogP contribution in [0.4, 0.5) is 0 Å². The second-order valence-corrected chi connectivity index (χ2v) is 4.60. The van der Waals surface area contributed by atoms with Gasteiger partial charge in [-0.05, 0) is 6.26 Å². The maximum absolute atomic E-state index is 8.77. The second kappa shape index (κ2) is 4.83. The molecule has 6 heteroatoms. The lowest BCUT2D eigenvalue weighted by atomic mass is 10.2. The fourth-order valence-electron chi connectivity index (χ4n) is 0.889. The Hall–Kier alpha value is 0.220. The van der Waals surface area contributed by atoms with Crippen LogP contribution in [-0.4, -0.2) is 6.26 Å². The van der Waals surface area contributed by atoms with Gasteiger partial charge in [-0.1, -0.05) is 46.4 Å². The van der Waals surface area contributed by atoms with Crippen LogP contribution in [-0.2, 0) is 0 Å². The van der Waals surface area contributed by atoms with Crippen LogP contribution in [0.1, 0.15) is 5.56 Å². The molecule has 0 amide bonds. The number of halogens is 4. The Morgan fingerprint density at radius 1 is 1.00 bits per heavy atom. The highest BCUT2D eigenvalue weighted by Gasteiger charge is 2.19. The monoisotopic (exact) mass is 285 g/mol. The summed E-state index contributed by atoms with van der Waals surface area (Å²) in [6.07, 6.45) is 1.80. The van der Waals surface area contributed by atoms with Crippen LogP contribution in [0.25, 0.3) is 0 Å². The van der Waals surface area contributed by atoms with Crippen molar-refractivity contribution in [2.45, 2.75) is 4.90 Å². The Labute approximate surface area is 106 Å². The summed E-state index contributed by atoms with van der Waals surface area (Å²) < 4.78 is 0. The summed E-state index contributed by atoms with van der Waals surface area (Å²) in [5, 5.41) is 9.60.